The molecule has 2 nitrogen and oxygen atoms in total. The highest BCUT2D eigenvalue weighted by molar-refractivity contribution is 4.62. The Hall–Kier alpha value is -0.0800. The van der Waals surface area contributed by atoms with Gasteiger partial charge in [-0.3, -0.25) is 0 Å². The highest BCUT2D eigenvalue weighted by Crippen LogP contribution is 2.23. The first kappa shape index (κ1) is 15.4. The monoisotopic (exact) mass is 190 g/mol. The Kier molecular flexibility index (Phi) is 10.1. The molecule has 0 amide bonds. The highest BCUT2D eigenvalue weighted by Gasteiger charge is 2.11. The number of rotatable bonds is 3. The fraction of sp³-hybridized carbons (Fsp3) is 1.00. The summed E-state index contributed by atoms with van der Waals surface area (Å²) < 4.78 is 0. The summed E-state index contributed by atoms with van der Waals surface area (Å²) in [6, 6.07) is 0. The lowest BCUT2D eigenvalue weighted by atomic mass is 9.86. The van der Waals surface area contributed by atoms with Gasteiger partial charge < -0.3 is 10.2 Å². The van der Waals surface area contributed by atoms with Crippen LogP contribution in [-0.4, -0.2) is 23.4 Å². The van der Waals surface area contributed by atoms with Crippen molar-refractivity contribution in [1.82, 2.24) is 0 Å². The van der Waals surface area contributed by atoms with Crippen LogP contribution in [0.2, 0.25) is 0 Å². The minimum Gasteiger partial charge on any atom is -0.396 e. The molecule has 0 heterocycles. The Balaban J connectivity index is 0. The molecular weight excluding hydrogens is 164 g/mol. The van der Waals surface area contributed by atoms with Gasteiger partial charge in [0.15, 0.2) is 0 Å². The Labute approximate surface area is 83.0 Å². The van der Waals surface area contributed by atoms with E-state index in [9.17, 15) is 0 Å². The summed E-state index contributed by atoms with van der Waals surface area (Å²) in [4.78, 5) is 0. The van der Waals surface area contributed by atoms with Crippen LogP contribution < -0.4 is 0 Å². The summed E-state index contributed by atoms with van der Waals surface area (Å²) in [7, 11) is 0. The van der Waals surface area contributed by atoms with Crippen LogP contribution in [0.15, 0.2) is 0 Å². The number of hydrogen-bond acceptors (Lipinski definition) is 2. The normalized spacial score (nSPS) is 11.1. The van der Waals surface area contributed by atoms with E-state index in [0.717, 1.165) is 5.92 Å². The van der Waals surface area contributed by atoms with Crippen molar-refractivity contribution in [3.05, 3.63) is 0 Å². The second-order valence-corrected chi connectivity index (χ2v) is 4.96. The zero-order valence-electron chi connectivity index (χ0n) is 9.80. The van der Waals surface area contributed by atoms with Crippen molar-refractivity contribution in [1.29, 1.82) is 0 Å². The molecule has 82 valence electrons. The largest absolute Gasteiger partial charge is 0.396 e. The molecule has 13 heavy (non-hydrogen) atoms. The Morgan fingerprint density at radius 3 is 1.38 bits per heavy atom. The van der Waals surface area contributed by atoms with Gasteiger partial charge in [0, 0.05) is 13.2 Å². The van der Waals surface area contributed by atoms with E-state index >= 15 is 0 Å². The zero-order valence-corrected chi connectivity index (χ0v) is 9.80. The smallest absolute Gasteiger partial charge is 0.0452 e. The molecule has 0 spiro atoms. The first-order valence-electron chi connectivity index (χ1n) is 5.05. The molecule has 0 radical (unpaired) electrons. The average Bonchev–Trinajstić information content (AvgIpc) is 1.84. The van der Waals surface area contributed by atoms with Crippen molar-refractivity contribution in [2.24, 2.45) is 11.3 Å². The third-order valence-electron chi connectivity index (χ3n) is 1.34. The van der Waals surface area contributed by atoms with Crippen LogP contribution in [-0.2, 0) is 0 Å². The van der Waals surface area contributed by atoms with Gasteiger partial charge in [-0.25, -0.2) is 0 Å². The lowest BCUT2D eigenvalue weighted by Crippen LogP contribution is -2.08. The van der Waals surface area contributed by atoms with Gasteiger partial charge in [0.25, 0.3) is 0 Å². The minimum atomic E-state index is 0.0938. The zero-order chi connectivity index (χ0) is 10.9. The van der Waals surface area contributed by atoms with Crippen molar-refractivity contribution < 1.29 is 10.2 Å². The van der Waals surface area contributed by atoms with Gasteiger partial charge >= 0.3 is 0 Å². The van der Waals surface area contributed by atoms with Crippen molar-refractivity contribution >= 4 is 0 Å². The van der Waals surface area contributed by atoms with Crippen LogP contribution in [0.1, 0.15) is 47.5 Å². The molecule has 0 rings (SSSR count). The fourth-order valence-corrected chi connectivity index (χ4v) is 1.30. The van der Waals surface area contributed by atoms with E-state index in [4.69, 9.17) is 10.2 Å². The van der Waals surface area contributed by atoms with E-state index in [1.807, 2.05) is 0 Å². The van der Waals surface area contributed by atoms with Crippen LogP contribution in [0.3, 0.4) is 0 Å². The quantitative estimate of drug-likeness (QED) is 0.717. The number of aliphatic hydroxyl groups is 2. The summed E-state index contributed by atoms with van der Waals surface area (Å²) in [5.41, 5.74) is 0.522. The molecule has 0 saturated heterocycles. The second-order valence-electron chi connectivity index (χ2n) is 4.96. The molecular formula is C11H26O2. The maximum atomic E-state index is 7.91. The third kappa shape index (κ3) is 24.5. The Bertz CT molecular complexity index is 90.8. The maximum Gasteiger partial charge on any atom is 0.0452 e. The lowest BCUT2D eigenvalue weighted by molar-refractivity contribution is 0.221. The average molecular weight is 190 g/mol. The van der Waals surface area contributed by atoms with E-state index in [-0.39, 0.29) is 13.2 Å². The first-order valence-corrected chi connectivity index (χ1v) is 5.05. The van der Waals surface area contributed by atoms with Gasteiger partial charge in [0.2, 0.25) is 0 Å². The lowest BCUT2D eigenvalue weighted by Gasteiger charge is -2.19. The summed E-state index contributed by atoms with van der Waals surface area (Å²) in [5, 5.41) is 15.8. The molecule has 2 heteroatoms. The van der Waals surface area contributed by atoms with Crippen LogP contribution in [0.5, 0.6) is 0 Å². The summed E-state index contributed by atoms with van der Waals surface area (Å²) in [5.74, 6) is 0.843. The van der Waals surface area contributed by atoms with Crippen LogP contribution >= 0.6 is 0 Å². The van der Waals surface area contributed by atoms with E-state index in [1.165, 1.54) is 6.42 Å². The van der Waals surface area contributed by atoms with Crippen molar-refractivity contribution in [3.8, 4) is 0 Å². The van der Waals surface area contributed by atoms with Crippen LogP contribution in [0.25, 0.3) is 0 Å². The standard InChI is InChI=1S/C8H18.C3H8O2/c1-7(2)6-8(3,4)5;4-2-1-3-5/h7H,6H2,1-5H3;4-5H,1-3H2. The molecule has 0 aliphatic rings. The molecule has 0 saturated carbocycles. The van der Waals surface area contributed by atoms with Gasteiger partial charge in [0.1, 0.15) is 0 Å². The second kappa shape index (κ2) is 8.52. The Morgan fingerprint density at radius 1 is 1.00 bits per heavy atom. The molecule has 0 fully saturated rings. The number of aliphatic hydroxyl groups excluding tert-OH is 2. The third-order valence-corrected chi connectivity index (χ3v) is 1.34. The number of hydrogen-bond donors (Lipinski definition) is 2. The predicted molar refractivity (Wildman–Crippen MR) is 57.7 cm³/mol. The van der Waals surface area contributed by atoms with Gasteiger partial charge in [0.05, 0.1) is 0 Å². The predicted octanol–water partition coefficient (Wildman–Crippen LogP) is 2.44. The van der Waals surface area contributed by atoms with E-state index in [0.29, 0.717) is 11.8 Å². The SMILES string of the molecule is CC(C)CC(C)(C)C.OCCCO. The van der Waals surface area contributed by atoms with Gasteiger partial charge in [-0.15, -0.1) is 0 Å². The molecule has 0 aliphatic carbocycles. The van der Waals surface area contributed by atoms with E-state index < -0.39 is 0 Å². The van der Waals surface area contributed by atoms with Crippen molar-refractivity contribution in [2.75, 3.05) is 13.2 Å². The summed E-state index contributed by atoms with van der Waals surface area (Å²) in [6.45, 7) is 11.6. The van der Waals surface area contributed by atoms with Gasteiger partial charge in [-0.1, -0.05) is 34.6 Å². The minimum absolute atomic E-state index is 0.0938. The maximum absolute atomic E-state index is 7.91. The molecule has 0 aromatic rings. The first-order chi connectivity index (χ1) is 5.83. The fourth-order valence-electron chi connectivity index (χ4n) is 1.30. The molecule has 0 atom stereocenters. The molecule has 0 bridgehead atoms. The summed E-state index contributed by atoms with van der Waals surface area (Å²) in [6.07, 6.45) is 1.83. The molecule has 0 aliphatic heterocycles. The van der Waals surface area contributed by atoms with E-state index in [2.05, 4.69) is 34.6 Å². The molecule has 0 unspecified atom stereocenters. The van der Waals surface area contributed by atoms with Crippen LogP contribution in [0.4, 0.5) is 0 Å². The Morgan fingerprint density at radius 2 is 1.38 bits per heavy atom. The summed E-state index contributed by atoms with van der Waals surface area (Å²) >= 11 is 0. The highest BCUT2D eigenvalue weighted by atomic mass is 16.3. The van der Waals surface area contributed by atoms with Gasteiger partial charge in [-0.2, -0.15) is 0 Å². The molecule has 2 N–H and O–H groups in total. The van der Waals surface area contributed by atoms with Gasteiger partial charge in [-0.05, 0) is 24.2 Å². The van der Waals surface area contributed by atoms with Crippen LogP contribution in [0, 0.1) is 11.3 Å². The van der Waals surface area contributed by atoms with E-state index in [1.54, 1.807) is 0 Å². The molecule has 0 aromatic heterocycles. The molecule has 0 aromatic carbocycles. The topological polar surface area (TPSA) is 40.5 Å². The van der Waals surface area contributed by atoms with Crippen molar-refractivity contribution in [3.63, 3.8) is 0 Å². The van der Waals surface area contributed by atoms with Crippen molar-refractivity contribution in [2.45, 2.75) is 47.5 Å².